The molecule has 96 valence electrons. The van der Waals surface area contributed by atoms with E-state index in [0.29, 0.717) is 16.4 Å². The highest BCUT2D eigenvalue weighted by molar-refractivity contribution is 7.80. The molecule has 1 aliphatic heterocycles. The van der Waals surface area contributed by atoms with E-state index < -0.39 is 5.91 Å². The first-order chi connectivity index (χ1) is 8.40. The van der Waals surface area contributed by atoms with Crippen molar-refractivity contribution in [2.45, 2.75) is 19.9 Å². The molecule has 7 heteroatoms. The quantitative estimate of drug-likeness (QED) is 0.656. The van der Waals surface area contributed by atoms with Crippen LogP contribution in [-0.4, -0.2) is 20.8 Å². The molecule has 2 heterocycles. The van der Waals surface area contributed by atoms with Crippen LogP contribution in [0.3, 0.4) is 0 Å². The second-order valence-corrected chi connectivity index (χ2v) is 4.69. The Hall–Kier alpha value is -1.89. The predicted molar refractivity (Wildman–Crippen MR) is 71.4 cm³/mol. The molecule has 0 saturated carbocycles. The van der Waals surface area contributed by atoms with Crippen LogP contribution >= 0.6 is 12.2 Å². The molecular weight excluding hydrogens is 250 g/mol. The van der Waals surface area contributed by atoms with E-state index in [1.54, 1.807) is 11.6 Å². The standard InChI is InChI=1S/C11H15N5OS/c1-5-7(4-16(3)15-5)9-8(10(12)17)6(2)13-11(18)14-9/h4,9H,1-3H3,(H2,12,17)(H2,13,14,18). The number of hydrogen-bond donors (Lipinski definition) is 3. The maximum atomic E-state index is 11.6. The van der Waals surface area contributed by atoms with E-state index in [4.69, 9.17) is 18.0 Å². The third-order valence-corrected chi connectivity index (χ3v) is 3.12. The molecule has 1 amide bonds. The highest BCUT2D eigenvalue weighted by Crippen LogP contribution is 2.27. The first-order valence-electron chi connectivity index (χ1n) is 5.48. The number of allylic oxidation sites excluding steroid dienone is 1. The summed E-state index contributed by atoms with van der Waals surface area (Å²) in [5, 5.41) is 10.7. The fourth-order valence-electron chi connectivity index (χ4n) is 2.16. The molecule has 2 rings (SSSR count). The number of amides is 1. The zero-order valence-electron chi connectivity index (χ0n) is 10.4. The number of nitrogens with one attached hydrogen (secondary N) is 2. The highest BCUT2D eigenvalue weighted by Gasteiger charge is 2.30. The first-order valence-corrected chi connectivity index (χ1v) is 5.89. The Bertz CT molecular complexity index is 560. The SMILES string of the molecule is CC1=C(C(N)=O)C(c2cn(C)nc2C)NC(=S)N1. The highest BCUT2D eigenvalue weighted by atomic mass is 32.1. The van der Waals surface area contributed by atoms with E-state index in [0.717, 1.165) is 11.3 Å². The van der Waals surface area contributed by atoms with Gasteiger partial charge in [-0.2, -0.15) is 5.10 Å². The van der Waals surface area contributed by atoms with Crippen LogP contribution in [0.2, 0.25) is 0 Å². The van der Waals surface area contributed by atoms with Gasteiger partial charge in [-0.05, 0) is 26.1 Å². The third kappa shape index (κ3) is 2.08. The van der Waals surface area contributed by atoms with Gasteiger partial charge < -0.3 is 16.4 Å². The number of aryl methyl sites for hydroxylation is 2. The van der Waals surface area contributed by atoms with Gasteiger partial charge in [0.15, 0.2) is 5.11 Å². The van der Waals surface area contributed by atoms with Crippen molar-refractivity contribution < 1.29 is 4.79 Å². The molecule has 1 atom stereocenters. The molecular formula is C11H15N5OS. The molecule has 0 bridgehead atoms. The molecule has 1 aromatic rings. The molecule has 6 nitrogen and oxygen atoms in total. The second-order valence-electron chi connectivity index (χ2n) is 4.28. The maximum Gasteiger partial charge on any atom is 0.248 e. The molecule has 4 N–H and O–H groups in total. The molecule has 0 aliphatic carbocycles. The minimum absolute atomic E-state index is 0.343. The van der Waals surface area contributed by atoms with Gasteiger partial charge in [0, 0.05) is 24.5 Å². The van der Waals surface area contributed by atoms with Gasteiger partial charge >= 0.3 is 0 Å². The van der Waals surface area contributed by atoms with E-state index in [9.17, 15) is 4.79 Å². The van der Waals surface area contributed by atoms with E-state index in [2.05, 4.69) is 15.7 Å². The van der Waals surface area contributed by atoms with Crippen LogP contribution in [0, 0.1) is 6.92 Å². The summed E-state index contributed by atoms with van der Waals surface area (Å²) in [6, 6.07) is -0.343. The van der Waals surface area contributed by atoms with Gasteiger partial charge in [-0.3, -0.25) is 9.48 Å². The Labute approximate surface area is 110 Å². The number of nitrogens with two attached hydrogens (primary N) is 1. The second kappa shape index (κ2) is 4.41. The van der Waals surface area contributed by atoms with Gasteiger partial charge in [0.25, 0.3) is 0 Å². The van der Waals surface area contributed by atoms with Crippen molar-refractivity contribution in [3.05, 3.63) is 28.7 Å². The van der Waals surface area contributed by atoms with Crippen LogP contribution in [0.15, 0.2) is 17.5 Å². The van der Waals surface area contributed by atoms with Crippen molar-refractivity contribution in [3.8, 4) is 0 Å². The van der Waals surface area contributed by atoms with E-state index in [1.807, 2.05) is 20.2 Å². The van der Waals surface area contributed by atoms with Crippen LogP contribution in [0.5, 0.6) is 0 Å². The fourth-order valence-corrected chi connectivity index (χ4v) is 2.43. The Morgan fingerprint density at radius 1 is 1.56 bits per heavy atom. The molecule has 0 spiro atoms. The van der Waals surface area contributed by atoms with Crippen LogP contribution in [0.25, 0.3) is 0 Å². The molecule has 1 unspecified atom stereocenters. The maximum absolute atomic E-state index is 11.6. The van der Waals surface area contributed by atoms with Crippen LogP contribution in [-0.2, 0) is 11.8 Å². The topological polar surface area (TPSA) is 85.0 Å². The van der Waals surface area contributed by atoms with Crippen molar-refractivity contribution in [2.24, 2.45) is 12.8 Å². The number of rotatable bonds is 2. The summed E-state index contributed by atoms with van der Waals surface area (Å²) in [6.45, 7) is 3.67. The van der Waals surface area contributed by atoms with Crippen molar-refractivity contribution in [2.75, 3.05) is 0 Å². The third-order valence-electron chi connectivity index (χ3n) is 2.90. The summed E-state index contributed by atoms with van der Waals surface area (Å²) >= 11 is 5.11. The molecule has 0 saturated heterocycles. The van der Waals surface area contributed by atoms with Crippen molar-refractivity contribution in [1.82, 2.24) is 20.4 Å². The van der Waals surface area contributed by atoms with Gasteiger partial charge in [-0.15, -0.1) is 0 Å². The average molecular weight is 265 g/mol. The number of primary amides is 1. The lowest BCUT2D eigenvalue weighted by Crippen LogP contribution is -2.46. The lowest BCUT2D eigenvalue weighted by molar-refractivity contribution is -0.115. The summed E-state index contributed by atoms with van der Waals surface area (Å²) in [6.07, 6.45) is 1.86. The van der Waals surface area contributed by atoms with E-state index in [1.165, 1.54) is 0 Å². The zero-order chi connectivity index (χ0) is 13.4. The minimum Gasteiger partial charge on any atom is -0.366 e. The molecule has 0 radical (unpaired) electrons. The summed E-state index contributed by atoms with van der Waals surface area (Å²) in [4.78, 5) is 11.6. The lowest BCUT2D eigenvalue weighted by Gasteiger charge is -2.28. The van der Waals surface area contributed by atoms with Gasteiger partial charge in [0.1, 0.15) is 0 Å². The number of aromatic nitrogens is 2. The van der Waals surface area contributed by atoms with Crippen molar-refractivity contribution in [1.29, 1.82) is 0 Å². The van der Waals surface area contributed by atoms with Crippen LogP contribution in [0.4, 0.5) is 0 Å². The number of carbonyl (C=O) groups is 1. The lowest BCUT2D eigenvalue weighted by atomic mass is 9.96. The Kier molecular flexibility index (Phi) is 3.08. The van der Waals surface area contributed by atoms with Crippen LogP contribution in [0.1, 0.15) is 24.2 Å². The molecule has 1 aliphatic rings. The van der Waals surface area contributed by atoms with E-state index >= 15 is 0 Å². The fraction of sp³-hybridized carbons (Fsp3) is 0.364. The smallest absolute Gasteiger partial charge is 0.248 e. The van der Waals surface area contributed by atoms with E-state index in [-0.39, 0.29) is 6.04 Å². The summed E-state index contributed by atoms with van der Waals surface area (Å²) in [5.74, 6) is -0.469. The van der Waals surface area contributed by atoms with Crippen molar-refractivity contribution >= 4 is 23.2 Å². The Morgan fingerprint density at radius 2 is 2.22 bits per heavy atom. The van der Waals surface area contributed by atoms with Crippen LogP contribution < -0.4 is 16.4 Å². The molecule has 0 aromatic carbocycles. The summed E-state index contributed by atoms with van der Waals surface area (Å²) < 4.78 is 1.70. The normalized spacial score (nSPS) is 19.5. The molecule has 18 heavy (non-hydrogen) atoms. The number of thiocarbonyl (C=S) groups is 1. The largest absolute Gasteiger partial charge is 0.366 e. The number of hydrogen-bond acceptors (Lipinski definition) is 3. The number of nitrogens with zero attached hydrogens (tertiary/aromatic N) is 2. The number of carbonyl (C=O) groups excluding carboxylic acids is 1. The molecule has 0 fully saturated rings. The average Bonchev–Trinajstić information content (AvgIpc) is 2.55. The van der Waals surface area contributed by atoms with Gasteiger partial charge in [-0.1, -0.05) is 0 Å². The summed E-state index contributed by atoms with van der Waals surface area (Å²) in [7, 11) is 1.83. The predicted octanol–water partition coefficient (Wildman–Crippen LogP) is 0.00662. The molecule has 1 aromatic heterocycles. The van der Waals surface area contributed by atoms with Gasteiger partial charge in [-0.25, -0.2) is 0 Å². The Balaban J connectivity index is 2.53. The van der Waals surface area contributed by atoms with Gasteiger partial charge in [0.05, 0.1) is 17.3 Å². The van der Waals surface area contributed by atoms with Gasteiger partial charge in [0.2, 0.25) is 5.91 Å². The zero-order valence-corrected chi connectivity index (χ0v) is 11.3. The Morgan fingerprint density at radius 3 is 2.72 bits per heavy atom. The first kappa shape index (κ1) is 12.6. The monoisotopic (exact) mass is 265 g/mol. The summed E-state index contributed by atoms with van der Waals surface area (Å²) in [5.41, 5.74) is 8.34. The van der Waals surface area contributed by atoms with Crippen molar-refractivity contribution in [3.63, 3.8) is 0 Å². The minimum atomic E-state index is -0.469.